The van der Waals surface area contributed by atoms with Gasteiger partial charge in [0.25, 0.3) is 0 Å². The molecule has 20 heavy (non-hydrogen) atoms. The van der Waals surface area contributed by atoms with Crippen LogP contribution < -0.4 is 9.47 Å². The lowest BCUT2D eigenvalue weighted by Crippen LogP contribution is -1.92. The first kappa shape index (κ1) is 13.9. The molecule has 1 N–H and O–H groups in total. The number of ether oxygens (including phenoxy) is 2. The van der Waals surface area contributed by atoms with Gasteiger partial charge in [-0.15, -0.1) is 0 Å². The summed E-state index contributed by atoms with van der Waals surface area (Å²) in [5.74, 6) is 0.223. The Hall–Kier alpha value is -2.56. The quantitative estimate of drug-likeness (QED) is 0.871. The number of nitrogens with zero attached hydrogens (tertiary/aromatic N) is 1. The van der Waals surface area contributed by atoms with Gasteiger partial charge in [-0.1, -0.05) is 0 Å². The SMILES string of the molecule is COc1cc(/C=N/c2ccc(F)cc2)cc(OC)c1O. The number of hydrogen-bond donors (Lipinski definition) is 1. The van der Waals surface area contributed by atoms with Crippen molar-refractivity contribution in [1.29, 1.82) is 0 Å². The van der Waals surface area contributed by atoms with Gasteiger partial charge in [0.1, 0.15) is 5.82 Å². The average Bonchev–Trinajstić information content (AvgIpc) is 2.47. The molecule has 0 unspecified atom stereocenters. The predicted molar refractivity (Wildman–Crippen MR) is 74.9 cm³/mol. The molecule has 0 aromatic heterocycles. The number of rotatable bonds is 4. The van der Waals surface area contributed by atoms with Crippen molar-refractivity contribution in [3.8, 4) is 17.2 Å². The molecule has 2 rings (SSSR count). The Morgan fingerprint density at radius 3 is 2.10 bits per heavy atom. The van der Waals surface area contributed by atoms with Gasteiger partial charge in [0, 0.05) is 11.8 Å². The van der Waals surface area contributed by atoms with Crippen LogP contribution in [-0.4, -0.2) is 25.5 Å². The molecule has 0 fully saturated rings. The van der Waals surface area contributed by atoms with Gasteiger partial charge < -0.3 is 14.6 Å². The van der Waals surface area contributed by atoms with Gasteiger partial charge in [-0.2, -0.15) is 0 Å². The monoisotopic (exact) mass is 275 g/mol. The lowest BCUT2D eigenvalue weighted by molar-refractivity contribution is 0.340. The first-order chi connectivity index (χ1) is 9.63. The summed E-state index contributed by atoms with van der Waals surface area (Å²) >= 11 is 0. The molecule has 0 atom stereocenters. The standard InChI is InChI=1S/C15H14FNO3/c1-19-13-7-10(8-14(20-2)15(13)18)9-17-12-5-3-11(16)4-6-12/h3-9,18H,1-2H3/b17-9+. The number of benzene rings is 2. The smallest absolute Gasteiger partial charge is 0.200 e. The third-order valence-corrected chi connectivity index (χ3v) is 2.69. The highest BCUT2D eigenvalue weighted by Gasteiger charge is 2.10. The van der Waals surface area contributed by atoms with Gasteiger partial charge in [0.2, 0.25) is 5.75 Å². The van der Waals surface area contributed by atoms with Crippen molar-refractivity contribution in [2.45, 2.75) is 0 Å². The van der Waals surface area contributed by atoms with Gasteiger partial charge in [-0.25, -0.2) is 4.39 Å². The summed E-state index contributed by atoms with van der Waals surface area (Å²) in [6, 6.07) is 9.08. The zero-order valence-electron chi connectivity index (χ0n) is 11.1. The van der Waals surface area contributed by atoms with E-state index >= 15 is 0 Å². The van der Waals surface area contributed by atoms with E-state index in [1.807, 2.05) is 0 Å². The number of aliphatic imine (C=N–C) groups is 1. The first-order valence-corrected chi connectivity index (χ1v) is 5.88. The van der Waals surface area contributed by atoms with E-state index in [0.717, 1.165) is 0 Å². The molecular weight excluding hydrogens is 261 g/mol. The van der Waals surface area contributed by atoms with Gasteiger partial charge in [-0.3, -0.25) is 4.99 Å². The van der Waals surface area contributed by atoms with E-state index in [0.29, 0.717) is 22.7 Å². The van der Waals surface area contributed by atoms with Crippen LogP contribution in [0, 0.1) is 5.82 Å². The third-order valence-electron chi connectivity index (χ3n) is 2.69. The maximum absolute atomic E-state index is 12.8. The minimum atomic E-state index is -0.308. The number of halogens is 1. The first-order valence-electron chi connectivity index (χ1n) is 5.88. The van der Waals surface area contributed by atoms with Crippen LogP contribution in [0.25, 0.3) is 0 Å². The zero-order chi connectivity index (χ0) is 14.5. The van der Waals surface area contributed by atoms with Crippen LogP contribution in [0.1, 0.15) is 5.56 Å². The van der Waals surface area contributed by atoms with Gasteiger partial charge in [0.05, 0.1) is 19.9 Å². The van der Waals surface area contributed by atoms with Crippen LogP contribution in [0.4, 0.5) is 10.1 Å². The normalized spacial score (nSPS) is 10.8. The molecule has 0 amide bonds. The molecule has 2 aromatic carbocycles. The fraction of sp³-hybridized carbons (Fsp3) is 0.133. The summed E-state index contributed by atoms with van der Waals surface area (Å²) in [5.41, 5.74) is 1.32. The van der Waals surface area contributed by atoms with Crippen molar-refractivity contribution < 1.29 is 19.0 Å². The van der Waals surface area contributed by atoms with Crippen molar-refractivity contribution in [2.75, 3.05) is 14.2 Å². The lowest BCUT2D eigenvalue weighted by atomic mass is 10.2. The van der Waals surface area contributed by atoms with Crippen LogP contribution in [0.5, 0.6) is 17.2 Å². The molecule has 5 heteroatoms. The van der Waals surface area contributed by atoms with E-state index in [1.54, 1.807) is 30.5 Å². The van der Waals surface area contributed by atoms with Crippen LogP contribution in [-0.2, 0) is 0 Å². The number of phenolic OH excluding ortho intramolecular Hbond substituents is 1. The molecular formula is C15H14FNO3. The van der Waals surface area contributed by atoms with Gasteiger partial charge in [0.15, 0.2) is 11.5 Å². The van der Waals surface area contributed by atoms with E-state index in [9.17, 15) is 9.50 Å². The Morgan fingerprint density at radius 2 is 1.60 bits per heavy atom. The molecule has 0 saturated heterocycles. The second-order valence-corrected chi connectivity index (χ2v) is 4.01. The summed E-state index contributed by atoms with van der Waals surface area (Å²) in [6.45, 7) is 0. The second-order valence-electron chi connectivity index (χ2n) is 4.01. The molecule has 0 bridgehead atoms. The Labute approximate surface area is 116 Å². The zero-order valence-corrected chi connectivity index (χ0v) is 11.1. The fourth-order valence-corrected chi connectivity index (χ4v) is 1.66. The van der Waals surface area contributed by atoms with Crippen molar-refractivity contribution in [3.05, 3.63) is 47.8 Å². The average molecular weight is 275 g/mol. The van der Waals surface area contributed by atoms with E-state index in [2.05, 4.69) is 4.99 Å². The Bertz CT molecular complexity index is 599. The highest BCUT2D eigenvalue weighted by atomic mass is 19.1. The minimum absolute atomic E-state index is 0.0612. The number of phenols is 1. The summed E-state index contributed by atoms with van der Waals surface area (Å²) < 4.78 is 22.9. The Morgan fingerprint density at radius 1 is 1.05 bits per heavy atom. The topological polar surface area (TPSA) is 51.0 Å². The predicted octanol–water partition coefficient (Wildman–Crippen LogP) is 3.30. The molecule has 0 aliphatic heterocycles. The largest absolute Gasteiger partial charge is 0.502 e. The van der Waals surface area contributed by atoms with Crippen molar-refractivity contribution in [2.24, 2.45) is 4.99 Å². The number of aromatic hydroxyl groups is 1. The fourth-order valence-electron chi connectivity index (χ4n) is 1.66. The molecule has 2 aromatic rings. The van der Waals surface area contributed by atoms with Crippen LogP contribution in [0.15, 0.2) is 41.4 Å². The Balaban J connectivity index is 2.31. The molecule has 0 aliphatic rings. The highest BCUT2D eigenvalue weighted by Crippen LogP contribution is 2.36. The van der Waals surface area contributed by atoms with E-state index in [1.165, 1.54) is 26.4 Å². The summed E-state index contributed by atoms with van der Waals surface area (Å²) in [7, 11) is 2.91. The van der Waals surface area contributed by atoms with Gasteiger partial charge >= 0.3 is 0 Å². The summed E-state index contributed by atoms with van der Waals surface area (Å²) in [6.07, 6.45) is 1.58. The highest BCUT2D eigenvalue weighted by molar-refractivity contribution is 5.84. The van der Waals surface area contributed by atoms with E-state index in [-0.39, 0.29) is 11.6 Å². The summed E-state index contributed by atoms with van der Waals surface area (Å²) in [5, 5.41) is 9.79. The van der Waals surface area contributed by atoms with Crippen LogP contribution >= 0.6 is 0 Å². The van der Waals surface area contributed by atoms with Crippen molar-refractivity contribution >= 4 is 11.9 Å². The lowest BCUT2D eigenvalue weighted by Gasteiger charge is -2.09. The minimum Gasteiger partial charge on any atom is -0.502 e. The third kappa shape index (κ3) is 3.06. The van der Waals surface area contributed by atoms with Crippen molar-refractivity contribution in [1.82, 2.24) is 0 Å². The molecule has 0 heterocycles. The second kappa shape index (κ2) is 6.06. The molecule has 0 aliphatic carbocycles. The summed E-state index contributed by atoms with van der Waals surface area (Å²) in [4.78, 5) is 4.21. The number of methoxy groups -OCH3 is 2. The molecule has 0 radical (unpaired) electrons. The maximum Gasteiger partial charge on any atom is 0.200 e. The molecule has 0 saturated carbocycles. The molecule has 0 spiro atoms. The van der Waals surface area contributed by atoms with Gasteiger partial charge in [-0.05, 0) is 36.4 Å². The number of hydrogen-bond acceptors (Lipinski definition) is 4. The molecule has 104 valence electrons. The van der Waals surface area contributed by atoms with Crippen LogP contribution in [0.2, 0.25) is 0 Å². The molecule has 4 nitrogen and oxygen atoms in total. The van der Waals surface area contributed by atoms with E-state index in [4.69, 9.17) is 9.47 Å². The maximum atomic E-state index is 12.8. The van der Waals surface area contributed by atoms with Crippen molar-refractivity contribution in [3.63, 3.8) is 0 Å². The Kier molecular flexibility index (Phi) is 4.20. The van der Waals surface area contributed by atoms with E-state index < -0.39 is 0 Å². The van der Waals surface area contributed by atoms with Crippen LogP contribution in [0.3, 0.4) is 0 Å².